The maximum Gasteiger partial charge on any atom is 0.411 e. The molecule has 19 heavy (non-hydrogen) atoms. The van der Waals surface area contributed by atoms with Crippen LogP contribution in [-0.4, -0.2) is 29.9 Å². The second-order valence-corrected chi connectivity index (χ2v) is 5.67. The van der Waals surface area contributed by atoms with Crippen LogP contribution in [0.25, 0.3) is 0 Å². The molecule has 0 radical (unpaired) electrons. The van der Waals surface area contributed by atoms with Gasteiger partial charge in [0.2, 0.25) is 0 Å². The van der Waals surface area contributed by atoms with Gasteiger partial charge in [0.15, 0.2) is 0 Å². The Hall–Kier alpha value is -1.84. The van der Waals surface area contributed by atoms with Crippen molar-refractivity contribution in [3.63, 3.8) is 0 Å². The van der Waals surface area contributed by atoms with Gasteiger partial charge in [0.25, 0.3) is 0 Å². The molecular formula is C15H21NO3. The molecule has 1 atom stereocenters. The van der Waals surface area contributed by atoms with E-state index in [9.17, 15) is 9.59 Å². The highest BCUT2D eigenvalue weighted by Crippen LogP contribution is 2.26. The number of hydrogen-bond acceptors (Lipinski definition) is 3. The van der Waals surface area contributed by atoms with Crippen LogP contribution in [0.3, 0.4) is 0 Å². The highest BCUT2D eigenvalue weighted by atomic mass is 16.6. The van der Waals surface area contributed by atoms with Gasteiger partial charge >= 0.3 is 6.09 Å². The van der Waals surface area contributed by atoms with E-state index in [0.717, 1.165) is 11.8 Å². The molecule has 0 aliphatic carbocycles. The molecule has 0 aliphatic heterocycles. The molecule has 1 aromatic carbocycles. The van der Waals surface area contributed by atoms with E-state index in [1.54, 1.807) is 34.7 Å². The van der Waals surface area contributed by atoms with E-state index in [4.69, 9.17) is 4.74 Å². The highest BCUT2D eigenvalue weighted by Gasteiger charge is 2.36. The van der Waals surface area contributed by atoms with Gasteiger partial charge in [-0.05, 0) is 33.3 Å². The molecule has 0 saturated carbocycles. The Bertz CT molecular complexity index is 450. The molecular weight excluding hydrogens is 242 g/mol. The summed E-state index contributed by atoms with van der Waals surface area (Å²) in [5.41, 5.74) is -0.881. The van der Waals surface area contributed by atoms with Crippen LogP contribution in [-0.2, 0) is 15.1 Å². The number of hydrogen-bond donors (Lipinski definition) is 0. The van der Waals surface area contributed by atoms with E-state index >= 15 is 0 Å². The van der Waals surface area contributed by atoms with Gasteiger partial charge in [0, 0.05) is 7.05 Å². The molecule has 104 valence electrons. The van der Waals surface area contributed by atoms with Crippen molar-refractivity contribution in [2.24, 2.45) is 0 Å². The van der Waals surface area contributed by atoms with E-state index in [2.05, 4.69) is 0 Å². The minimum atomic E-state index is -1.04. The molecule has 0 saturated heterocycles. The summed E-state index contributed by atoms with van der Waals surface area (Å²) in [6, 6.07) is 9.16. The first kappa shape index (κ1) is 15.2. The van der Waals surface area contributed by atoms with E-state index < -0.39 is 17.2 Å². The number of rotatable bonds is 3. The highest BCUT2D eigenvalue weighted by molar-refractivity contribution is 5.77. The minimum absolute atomic E-state index is 0.522. The van der Waals surface area contributed by atoms with Crippen molar-refractivity contribution in [3.05, 3.63) is 35.9 Å². The van der Waals surface area contributed by atoms with Crippen LogP contribution >= 0.6 is 0 Å². The third kappa shape index (κ3) is 3.56. The van der Waals surface area contributed by atoms with Gasteiger partial charge in [-0.15, -0.1) is 0 Å². The summed E-state index contributed by atoms with van der Waals surface area (Å²) in [4.78, 5) is 24.9. The van der Waals surface area contributed by atoms with Crippen molar-refractivity contribution < 1.29 is 14.3 Å². The summed E-state index contributed by atoms with van der Waals surface area (Å²) in [6.07, 6.45) is 0.234. The van der Waals surface area contributed by atoms with E-state index in [1.165, 1.54) is 4.90 Å². The van der Waals surface area contributed by atoms with Crippen molar-refractivity contribution in [2.75, 3.05) is 7.05 Å². The average Bonchev–Trinajstić information content (AvgIpc) is 2.36. The molecule has 1 rings (SSSR count). The Morgan fingerprint density at radius 2 is 1.68 bits per heavy atom. The first-order chi connectivity index (χ1) is 8.70. The third-order valence-corrected chi connectivity index (χ3v) is 2.95. The zero-order valence-electron chi connectivity index (χ0n) is 12.1. The molecule has 0 bridgehead atoms. The Kier molecular flexibility index (Phi) is 4.35. The number of amides is 1. The van der Waals surface area contributed by atoms with Crippen LogP contribution < -0.4 is 0 Å². The second kappa shape index (κ2) is 5.43. The van der Waals surface area contributed by atoms with Crippen LogP contribution in [0.15, 0.2) is 30.3 Å². The molecule has 0 spiro atoms. The monoisotopic (exact) mass is 263 g/mol. The van der Waals surface area contributed by atoms with Crippen LogP contribution in [0.5, 0.6) is 0 Å². The first-order valence-electron chi connectivity index (χ1n) is 6.19. The quantitative estimate of drug-likeness (QED) is 0.788. The maximum absolute atomic E-state index is 12.1. The molecule has 1 amide bonds. The Morgan fingerprint density at radius 1 is 1.16 bits per heavy atom. The lowest BCUT2D eigenvalue weighted by atomic mass is 9.92. The largest absolute Gasteiger partial charge is 0.444 e. The van der Waals surface area contributed by atoms with Gasteiger partial charge in [-0.3, -0.25) is 4.90 Å². The number of carbonyl (C=O) groups excluding carboxylic acids is 2. The lowest BCUT2D eigenvalue weighted by Crippen LogP contribution is -2.48. The number of nitrogens with zero attached hydrogens (tertiary/aromatic N) is 1. The first-order valence-corrected chi connectivity index (χ1v) is 6.19. The van der Waals surface area contributed by atoms with Crippen LogP contribution in [0, 0.1) is 0 Å². The second-order valence-electron chi connectivity index (χ2n) is 5.67. The number of aldehydes is 1. The minimum Gasteiger partial charge on any atom is -0.444 e. The molecule has 0 N–H and O–H groups in total. The summed E-state index contributed by atoms with van der Waals surface area (Å²) in [6.45, 7) is 7.07. The predicted molar refractivity (Wildman–Crippen MR) is 73.9 cm³/mol. The van der Waals surface area contributed by atoms with Gasteiger partial charge in [-0.25, -0.2) is 4.79 Å². The molecule has 0 aromatic heterocycles. The molecule has 4 nitrogen and oxygen atoms in total. The summed E-state index contributed by atoms with van der Waals surface area (Å²) in [5.74, 6) is 0. The topological polar surface area (TPSA) is 46.6 Å². The van der Waals surface area contributed by atoms with Gasteiger partial charge in [0.05, 0.1) is 0 Å². The van der Waals surface area contributed by atoms with E-state index in [-0.39, 0.29) is 0 Å². The van der Waals surface area contributed by atoms with Crippen molar-refractivity contribution in [2.45, 2.75) is 38.8 Å². The average molecular weight is 263 g/mol. The van der Waals surface area contributed by atoms with E-state index in [1.807, 2.05) is 30.3 Å². The fraction of sp³-hybridized carbons (Fsp3) is 0.467. The zero-order chi connectivity index (χ0) is 14.7. The van der Waals surface area contributed by atoms with Gasteiger partial charge < -0.3 is 9.53 Å². The predicted octanol–water partition coefficient (Wildman–Crippen LogP) is 2.97. The zero-order valence-corrected chi connectivity index (χ0v) is 12.1. The van der Waals surface area contributed by atoms with Crippen molar-refractivity contribution >= 4 is 12.4 Å². The summed E-state index contributed by atoms with van der Waals surface area (Å²) >= 11 is 0. The molecule has 1 aromatic rings. The van der Waals surface area contributed by atoms with Gasteiger partial charge in [-0.1, -0.05) is 30.3 Å². The van der Waals surface area contributed by atoms with E-state index in [0.29, 0.717) is 0 Å². The summed E-state index contributed by atoms with van der Waals surface area (Å²) in [7, 11) is 1.56. The molecule has 0 heterocycles. The maximum atomic E-state index is 12.1. The Labute approximate surface area is 114 Å². The van der Waals surface area contributed by atoms with Crippen LogP contribution in [0.4, 0.5) is 4.79 Å². The lowest BCUT2D eigenvalue weighted by Gasteiger charge is -2.35. The number of ether oxygens (including phenoxy) is 1. The van der Waals surface area contributed by atoms with Crippen molar-refractivity contribution in [1.29, 1.82) is 0 Å². The third-order valence-electron chi connectivity index (χ3n) is 2.95. The number of benzene rings is 1. The number of carbonyl (C=O) groups is 2. The summed E-state index contributed by atoms with van der Waals surface area (Å²) < 4.78 is 5.30. The summed E-state index contributed by atoms with van der Waals surface area (Å²) in [5, 5.41) is 0. The van der Waals surface area contributed by atoms with Crippen LogP contribution in [0.1, 0.15) is 33.3 Å². The molecule has 1 unspecified atom stereocenters. The number of likely N-dealkylation sites (N-methyl/N-ethyl adjacent to an activating group) is 1. The fourth-order valence-corrected chi connectivity index (χ4v) is 1.64. The van der Waals surface area contributed by atoms with Gasteiger partial charge in [0.1, 0.15) is 17.4 Å². The molecule has 0 aliphatic rings. The molecule has 4 heteroatoms. The smallest absolute Gasteiger partial charge is 0.411 e. The Balaban J connectivity index is 3.03. The SMILES string of the molecule is CN(C(=O)OC(C)(C)C)C(C)(C=O)c1ccccc1. The molecule has 0 fully saturated rings. The van der Waals surface area contributed by atoms with Crippen molar-refractivity contribution in [1.82, 2.24) is 4.90 Å². The Morgan fingerprint density at radius 3 is 2.11 bits per heavy atom. The lowest BCUT2D eigenvalue weighted by molar-refractivity contribution is -0.117. The normalized spacial score (nSPS) is 14.4. The van der Waals surface area contributed by atoms with Crippen molar-refractivity contribution in [3.8, 4) is 0 Å². The fourth-order valence-electron chi connectivity index (χ4n) is 1.64. The van der Waals surface area contributed by atoms with Gasteiger partial charge in [-0.2, -0.15) is 0 Å². The van der Waals surface area contributed by atoms with Crippen LogP contribution in [0.2, 0.25) is 0 Å². The standard InChI is InChI=1S/C15H21NO3/c1-14(2,3)19-13(18)16(5)15(4,11-17)12-9-7-6-8-10-12/h6-11H,1-5H3.